The van der Waals surface area contributed by atoms with Gasteiger partial charge in [0.25, 0.3) is 0 Å². The molecule has 0 spiro atoms. The highest BCUT2D eigenvalue weighted by atomic mass is 35.5. The number of nitrogens with zero attached hydrogens (tertiary/aromatic N) is 2. The maximum atomic E-state index is 9.29. The van der Waals surface area contributed by atoms with Gasteiger partial charge in [0, 0.05) is 23.0 Å². The molecule has 0 saturated carbocycles. The van der Waals surface area contributed by atoms with Crippen LogP contribution in [0, 0.1) is 11.3 Å². The van der Waals surface area contributed by atoms with Gasteiger partial charge < -0.3 is 4.74 Å². The van der Waals surface area contributed by atoms with Crippen LogP contribution in [0.25, 0.3) is 22.0 Å². The van der Waals surface area contributed by atoms with Crippen molar-refractivity contribution in [3.8, 4) is 11.8 Å². The van der Waals surface area contributed by atoms with Crippen molar-refractivity contribution in [2.75, 3.05) is 13.0 Å². The fourth-order valence-electron chi connectivity index (χ4n) is 4.04. The van der Waals surface area contributed by atoms with E-state index in [0.717, 1.165) is 58.2 Å². The minimum Gasteiger partial charge on any atom is -0.497 e. The number of nitriles is 1. The molecule has 0 aliphatic heterocycles. The zero-order chi connectivity index (χ0) is 23.0. The molecule has 4 rings (SSSR count). The molecule has 1 heterocycles. The lowest BCUT2D eigenvalue weighted by atomic mass is 9.87. The van der Waals surface area contributed by atoms with Gasteiger partial charge in [-0.3, -0.25) is 4.98 Å². The Morgan fingerprint density at radius 1 is 0.909 bits per heavy atom. The molecule has 1 aromatic heterocycles. The van der Waals surface area contributed by atoms with Crippen LogP contribution in [0.3, 0.4) is 0 Å². The molecular weight excluding hydrogens is 428 g/mol. The quantitative estimate of drug-likeness (QED) is 0.158. The number of benzene rings is 3. The lowest BCUT2D eigenvalue weighted by Crippen LogP contribution is -1.98. The van der Waals surface area contributed by atoms with Gasteiger partial charge in [0.05, 0.1) is 24.3 Å². The van der Waals surface area contributed by atoms with Gasteiger partial charge in [0.1, 0.15) is 5.75 Å². The van der Waals surface area contributed by atoms with Gasteiger partial charge in [0.15, 0.2) is 0 Å². The molecule has 0 bridgehead atoms. The molecule has 0 atom stereocenters. The summed E-state index contributed by atoms with van der Waals surface area (Å²) in [4.78, 5) is 4.73. The maximum absolute atomic E-state index is 9.29. The van der Waals surface area contributed by atoms with Crippen LogP contribution in [0.2, 0.25) is 0 Å². The Bertz CT molecular complexity index is 1300. The first-order chi connectivity index (χ1) is 16.2. The standard InChI is InChI=1S/C29H25ClN2O/c1-33-26-15-13-22(14-16-26)27(7-4-5-17-30)29(23-11-9-21(19-31)10-12-23)25-18-24-6-2-3-8-28(24)32-20-25/h2-3,6,8-16,18,20H,4-5,7,17H2,1H3/b29-27-. The van der Waals surface area contributed by atoms with Crippen molar-refractivity contribution in [3.05, 3.63) is 107 Å². The van der Waals surface area contributed by atoms with E-state index in [-0.39, 0.29) is 0 Å². The van der Waals surface area contributed by atoms with Gasteiger partial charge in [-0.25, -0.2) is 0 Å². The van der Waals surface area contributed by atoms with Crippen molar-refractivity contribution in [2.45, 2.75) is 19.3 Å². The summed E-state index contributed by atoms with van der Waals surface area (Å²) in [5.74, 6) is 1.46. The van der Waals surface area contributed by atoms with Crippen molar-refractivity contribution in [3.63, 3.8) is 0 Å². The van der Waals surface area contributed by atoms with Crippen LogP contribution in [0.15, 0.2) is 85.1 Å². The van der Waals surface area contributed by atoms with E-state index in [1.54, 1.807) is 7.11 Å². The Morgan fingerprint density at radius 3 is 2.33 bits per heavy atom. The first-order valence-electron chi connectivity index (χ1n) is 11.0. The molecule has 0 unspecified atom stereocenters. The molecule has 0 N–H and O–H groups in total. The molecule has 0 fully saturated rings. The monoisotopic (exact) mass is 452 g/mol. The minimum absolute atomic E-state index is 0.639. The molecular formula is C29H25ClN2O. The van der Waals surface area contributed by atoms with Gasteiger partial charge in [-0.1, -0.05) is 42.5 Å². The number of aromatic nitrogens is 1. The predicted molar refractivity (Wildman–Crippen MR) is 136 cm³/mol. The third kappa shape index (κ3) is 5.25. The molecule has 33 heavy (non-hydrogen) atoms. The molecule has 0 saturated heterocycles. The van der Waals surface area contributed by atoms with Crippen molar-refractivity contribution < 1.29 is 4.74 Å². The van der Waals surface area contributed by atoms with E-state index in [1.807, 2.05) is 60.8 Å². The summed E-state index contributed by atoms with van der Waals surface area (Å²) in [6, 6.07) is 28.5. The minimum atomic E-state index is 0.639. The molecule has 0 aliphatic rings. The maximum Gasteiger partial charge on any atom is 0.118 e. The van der Waals surface area contributed by atoms with Crippen LogP contribution in [0.5, 0.6) is 5.75 Å². The first-order valence-corrected chi connectivity index (χ1v) is 11.6. The zero-order valence-corrected chi connectivity index (χ0v) is 19.3. The van der Waals surface area contributed by atoms with E-state index in [4.69, 9.17) is 21.3 Å². The fraction of sp³-hybridized carbons (Fsp3) is 0.172. The number of allylic oxidation sites excluding steroid dienone is 1. The van der Waals surface area contributed by atoms with E-state index in [9.17, 15) is 5.26 Å². The molecule has 4 heteroatoms. The summed E-state index contributed by atoms with van der Waals surface area (Å²) in [6.07, 6.45) is 4.74. The normalized spacial score (nSPS) is 11.7. The Morgan fingerprint density at radius 2 is 1.64 bits per heavy atom. The average molecular weight is 453 g/mol. The van der Waals surface area contributed by atoms with Crippen molar-refractivity contribution in [1.82, 2.24) is 4.98 Å². The van der Waals surface area contributed by atoms with Gasteiger partial charge in [-0.2, -0.15) is 5.26 Å². The number of rotatable bonds is 8. The topological polar surface area (TPSA) is 45.9 Å². The predicted octanol–water partition coefficient (Wildman–Crippen LogP) is 7.48. The number of fused-ring (bicyclic) bond motifs is 1. The highest BCUT2D eigenvalue weighted by Gasteiger charge is 2.16. The molecule has 0 amide bonds. The number of para-hydroxylation sites is 1. The smallest absolute Gasteiger partial charge is 0.118 e. The number of alkyl halides is 1. The molecule has 0 radical (unpaired) electrons. The van der Waals surface area contributed by atoms with Gasteiger partial charge in [-0.15, -0.1) is 11.6 Å². The summed E-state index contributed by atoms with van der Waals surface area (Å²) in [7, 11) is 1.68. The Balaban J connectivity index is 1.96. The second kappa shape index (κ2) is 10.8. The summed E-state index contributed by atoms with van der Waals surface area (Å²) in [6.45, 7) is 0. The molecule has 164 valence electrons. The largest absolute Gasteiger partial charge is 0.497 e. The second-order valence-electron chi connectivity index (χ2n) is 7.83. The Hall–Kier alpha value is -3.61. The van der Waals surface area contributed by atoms with Crippen LogP contribution < -0.4 is 4.74 Å². The van der Waals surface area contributed by atoms with E-state index < -0.39 is 0 Å². The van der Waals surface area contributed by atoms with E-state index in [0.29, 0.717) is 11.4 Å². The van der Waals surface area contributed by atoms with Crippen molar-refractivity contribution in [1.29, 1.82) is 5.26 Å². The van der Waals surface area contributed by atoms with Gasteiger partial charge in [-0.05, 0) is 77.9 Å². The van der Waals surface area contributed by atoms with Gasteiger partial charge >= 0.3 is 0 Å². The number of unbranched alkanes of at least 4 members (excludes halogenated alkanes) is 1. The number of methoxy groups -OCH3 is 1. The van der Waals surface area contributed by atoms with Crippen molar-refractivity contribution >= 4 is 33.7 Å². The third-order valence-corrected chi connectivity index (χ3v) is 6.00. The summed E-state index contributed by atoms with van der Waals surface area (Å²) < 4.78 is 5.38. The third-order valence-electron chi connectivity index (χ3n) is 5.73. The zero-order valence-electron chi connectivity index (χ0n) is 18.6. The number of pyridine rings is 1. The van der Waals surface area contributed by atoms with E-state index >= 15 is 0 Å². The first kappa shape index (κ1) is 22.6. The van der Waals surface area contributed by atoms with Crippen LogP contribution >= 0.6 is 11.6 Å². The number of ether oxygens (including phenoxy) is 1. The lowest BCUT2D eigenvalue weighted by molar-refractivity contribution is 0.415. The highest BCUT2D eigenvalue weighted by molar-refractivity contribution is 6.17. The summed E-state index contributed by atoms with van der Waals surface area (Å²) in [5, 5.41) is 10.4. The van der Waals surface area contributed by atoms with E-state index in [1.165, 1.54) is 5.57 Å². The van der Waals surface area contributed by atoms with Crippen LogP contribution in [0.4, 0.5) is 0 Å². The van der Waals surface area contributed by atoms with Crippen LogP contribution in [0.1, 0.15) is 41.5 Å². The van der Waals surface area contributed by atoms with Gasteiger partial charge in [0.2, 0.25) is 0 Å². The Labute approximate surface area is 199 Å². The number of hydrogen-bond acceptors (Lipinski definition) is 3. The average Bonchev–Trinajstić information content (AvgIpc) is 2.88. The summed E-state index contributed by atoms with van der Waals surface area (Å²) in [5.41, 5.74) is 7.20. The Kier molecular flexibility index (Phi) is 7.40. The highest BCUT2D eigenvalue weighted by Crippen LogP contribution is 2.36. The van der Waals surface area contributed by atoms with Crippen LogP contribution in [-0.2, 0) is 0 Å². The number of halogens is 1. The van der Waals surface area contributed by atoms with Crippen LogP contribution in [-0.4, -0.2) is 18.0 Å². The molecule has 3 nitrogen and oxygen atoms in total. The summed E-state index contributed by atoms with van der Waals surface area (Å²) >= 11 is 6.01. The molecule has 4 aromatic rings. The van der Waals surface area contributed by atoms with E-state index in [2.05, 4.69) is 30.3 Å². The van der Waals surface area contributed by atoms with Crippen molar-refractivity contribution in [2.24, 2.45) is 0 Å². The second-order valence-corrected chi connectivity index (χ2v) is 8.21. The molecule has 3 aromatic carbocycles. The fourth-order valence-corrected chi connectivity index (χ4v) is 4.23. The molecule has 0 aliphatic carbocycles. The lowest BCUT2D eigenvalue weighted by Gasteiger charge is -2.18. The number of hydrogen-bond donors (Lipinski definition) is 0. The SMILES string of the molecule is COc1ccc(/C(CCCCCl)=C(/c2ccc(C#N)cc2)c2cnc3ccccc3c2)cc1.